The van der Waals surface area contributed by atoms with E-state index >= 15 is 0 Å². The molecule has 1 N–H and O–H groups in total. The monoisotopic (exact) mass is 494 g/mol. The molecule has 0 spiro atoms. The molecule has 180 valence electrons. The van der Waals surface area contributed by atoms with E-state index in [1.807, 2.05) is 24.3 Å². The summed E-state index contributed by atoms with van der Waals surface area (Å²) in [4.78, 5) is 17.2. The molecule has 1 aliphatic rings. The zero-order valence-electron chi connectivity index (χ0n) is 19.3. The molecule has 7 nitrogen and oxygen atoms in total. The van der Waals surface area contributed by atoms with Crippen LogP contribution < -0.4 is 24.3 Å². The van der Waals surface area contributed by atoms with Crippen LogP contribution in [0.2, 0.25) is 0 Å². The second-order valence-corrected chi connectivity index (χ2v) is 8.37. The third-order valence-corrected chi connectivity index (χ3v) is 5.97. The van der Waals surface area contributed by atoms with Crippen LogP contribution in [-0.4, -0.2) is 32.4 Å². The molecule has 1 heterocycles. The van der Waals surface area contributed by atoms with Gasteiger partial charge in [-0.1, -0.05) is 6.07 Å². The number of amidine groups is 1. The molecular weight excluding hydrogens is 471 g/mol. The van der Waals surface area contributed by atoms with Crippen LogP contribution in [0.15, 0.2) is 70.6 Å². The van der Waals surface area contributed by atoms with Gasteiger partial charge in [0.05, 0.1) is 31.9 Å². The van der Waals surface area contributed by atoms with Crippen molar-refractivity contribution in [2.24, 2.45) is 4.99 Å². The van der Waals surface area contributed by atoms with Crippen LogP contribution in [0.4, 0.5) is 10.1 Å². The van der Waals surface area contributed by atoms with E-state index in [1.165, 1.54) is 23.9 Å². The molecule has 0 atom stereocenters. The van der Waals surface area contributed by atoms with Gasteiger partial charge in [0.2, 0.25) is 0 Å². The van der Waals surface area contributed by atoms with Crippen molar-refractivity contribution in [3.05, 3.63) is 82.5 Å². The fourth-order valence-electron chi connectivity index (χ4n) is 3.31. The Labute approximate surface area is 206 Å². The lowest BCUT2D eigenvalue weighted by Crippen LogP contribution is -2.19. The Morgan fingerprint density at radius 1 is 0.914 bits per heavy atom. The van der Waals surface area contributed by atoms with Crippen LogP contribution in [0.3, 0.4) is 0 Å². The third-order valence-electron chi connectivity index (χ3n) is 5.06. The summed E-state index contributed by atoms with van der Waals surface area (Å²) in [5.41, 5.74) is 2.13. The lowest BCUT2D eigenvalue weighted by Gasteiger charge is -2.14. The van der Waals surface area contributed by atoms with Crippen molar-refractivity contribution in [3.8, 4) is 23.0 Å². The number of nitrogens with one attached hydrogen (secondary N) is 1. The van der Waals surface area contributed by atoms with Gasteiger partial charge in [-0.15, -0.1) is 0 Å². The summed E-state index contributed by atoms with van der Waals surface area (Å²) in [6.45, 7) is 0.249. The average molecular weight is 495 g/mol. The molecule has 35 heavy (non-hydrogen) atoms. The van der Waals surface area contributed by atoms with Gasteiger partial charge in [0.1, 0.15) is 23.9 Å². The number of nitrogens with zero attached hydrogens (tertiary/aromatic N) is 1. The van der Waals surface area contributed by atoms with Gasteiger partial charge in [0.25, 0.3) is 5.91 Å². The predicted molar refractivity (Wildman–Crippen MR) is 134 cm³/mol. The topological polar surface area (TPSA) is 78.4 Å². The van der Waals surface area contributed by atoms with Crippen LogP contribution in [0.25, 0.3) is 6.08 Å². The molecule has 1 fully saturated rings. The first-order chi connectivity index (χ1) is 17.0. The first-order valence-corrected chi connectivity index (χ1v) is 11.4. The van der Waals surface area contributed by atoms with E-state index in [-0.39, 0.29) is 18.3 Å². The molecule has 1 amide bonds. The van der Waals surface area contributed by atoms with Gasteiger partial charge in [0.15, 0.2) is 16.7 Å². The smallest absolute Gasteiger partial charge is 0.264 e. The Kier molecular flexibility index (Phi) is 7.57. The van der Waals surface area contributed by atoms with Crippen molar-refractivity contribution in [2.45, 2.75) is 6.61 Å². The molecule has 4 rings (SSSR count). The van der Waals surface area contributed by atoms with Gasteiger partial charge < -0.3 is 24.3 Å². The highest BCUT2D eigenvalue weighted by molar-refractivity contribution is 8.18. The van der Waals surface area contributed by atoms with Crippen LogP contribution >= 0.6 is 11.8 Å². The zero-order valence-corrected chi connectivity index (χ0v) is 20.1. The molecule has 9 heteroatoms. The minimum Gasteiger partial charge on any atom is -0.497 e. The Morgan fingerprint density at radius 2 is 1.66 bits per heavy atom. The lowest BCUT2D eigenvalue weighted by molar-refractivity contribution is -0.115. The predicted octanol–water partition coefficient (Wildman–Crippen LogP) is 5.32. The SMILES string of the molecule is COc1ccc(OC)c(COc2ccc(/C=C3\SC(=Nc4ccc(F)cc4)NC3=O)cc2OC)c1. The van der Waals surface area contributed by atoms with E-state index in [2.05, 4.69) is 10.3 Å². The number of aliphatic imine (C=N–C) groups is 1. The summed E-state index contributed by atoms with van der Waals surface area (Å²) in [5.74, 6) is 1.84. The van der Waals surface area contributed by atoms with E-state index in [1.54, 1.807) is 51.7 Å². The van der Waals surface area contributed by atoms with E-state index in [4.69, 9.17) is 18.9 Å². The summed E-state index contributed by atoms with van der Waals surface area (Å²) in [6, 6.07) is 16.6. The van der Waals surface area contributed by atoms with Gasteiger partial charge in [-0.2, -0.15) is 0 Å². The van der Waals surface area contributed by atoms with Gasteiger partial charge in [-0.25, -0.2) is 9.38 Å². The Bertz CT molecular complexity index is 1290. The molecule has 0 radical (unpaired) electrons. The highest BCUT2D eigenvalue weighted by Crippen LogP contribution is 2.33. The molecule has 1 saturated heterocycles. The van der Waals surface area contributed by atoms with Crippen molar-refractivity contribution in [3.63, 3.8) is 0 Å². The summed E-state index contributed by atoms with van der Waals surface area (Å²) in [6.07, 6.45) is 1.74. The number of hydrogen-bond acceptors (Lipinski definition) is 7. The summed E-state index contributed by atoms with van der Waals surface area (Å²) in [7, 11) is 4.75. The summed E-state index contributed by atoms with van der Waals surface area (Å²) < 4.78 is 35.3. The number of hydrogen-bond donors (Lipinski definition) is 1. The van der Waals surface area contributed by atoms with Gasteiger partial charge in [-0.3, -0.25) is 4.79 Å². The maximum atomic E-state index is 13.1. The van der Waals surface area contributed by atoms with Gasteiger partial charge in [0, 0.05) is 5.56 Å². The number of ether oxygens (including phenoxy) is 4. The quantitative estimate of drug-likeness (QED) is 0.427. The van der Waals surface area contributed by atoms with E-state index in [0.717, 1.165) is 11.1 Å². The Hall–Kier alpha value is -3.98. The first kappa shape index (κ1) is 24.2. The third kappa shape index (κ3) is 5.93. The van der Waals surface area contributed by atoms with E-state index in [9.17, 15) is 9.18 Å². The van der Waals surface area contributed by atoms with Crippen molar-refractivity contribution in [2.75, 3.05) is 21.3 Å². The maximum absolute atomic E-state index is 13.1. The van der Waals surface area contributed by atoms with E-state index < -0.39 is 0 Å². The molecule has 0 saturated carbocycles. The molecule has 0 bridgehead atoms. The Morgan fingerprint density at radius 3 is 2.37 bits per heavy atom. The maximum Gasteiger partial charge on any atom is 0.264 e. The number of carbonyl (C=O) groups excluding carboxylic acids is 1. The molecule has 3 aromatic carbocycles. The van der Waals surface area contributed by atoms with Gasteiger partial charge in [-0.05, 0) is 78.0 Å². The summed E-state index contributed by atoms with van der Waals surface area (Å²) in [5, 5.41) is 3.14. The highest BCUT2D eigenvalue weighted by Gasteiger charge is 2.24. The fraction of sp³-hybridized carbons (Fsp3) is 0.154. The highest BCUT2D eigenvalue weighted by atomic mass is 32.2. The minimum absolute atomic E-state index is 0.249. The molecule has 0 aromatic heterocycles. The van der Waals surface area contributed by atoms with Gasteiger partial charge >= 0.3 is 0 Å². The van der Waals surface area contributed by atoms with Crippen molar-refractivity contribution < 1.29 is 28.1 Å². The molecule has 0 aliphatic carbocycles. The second-order valence-electron chi connectivity index (χ2n) is 7.33. The minimum atomic E-state index is -0.346. The van der Waals surface area contributed by atoms with E-state index in [0.29, 0.717) is 38.8 Å². The van der Waals surface area contributed by atoms with Crippen LogP contribution in [-0.2, 0) is 11.4 Å². The van der Waals surface area contributed by atoms with Crippen molar-refractivity contribution >= 4 is 34.6 Å². The van der Waals surface area contributed by atoms with Crippen LogP contribution in [0.1, 0.15) is 11.1 Å². The number of benzene rings is 3. The number of amides is 1. The lowest BCUT2D eigenvalue weighted by atomic mass is 10.1. The van der Waals surface area contributed by atoms with Crippen molar-refractivity contribution in [1.82, 2.24) is 5.32 Å². The molecule has 3 aromatic rings. The first-order valence-electron chi connectivity index (χ1n) is 10.6. The zero-order chi connectivity index (χ0) is 24.8. The Balaban J connectivity index is 1.49. The normalized spacial score (nSPS) is 15.3. The fourth-order valence-corrected chi connectivity index (χ4v) is 4.15. The number of rotatable bonds is 8. The molecule has 0 unspecified atom stereocenters. The summed E-state index contributed by atoms with van der Waals surface area (Å²) >= 11 is 1.20. The second kappa shape index (κ2) is 11.0. The van der Waals surface area contributed by atoms with Crippen LogP contribution in [0, 0.1) is 5.82 Å². The molecular formula is C26H23FN2O5S. The average Bonchev–Trinajstić information content (AvgIpc) is 3.22. The number of thioether (sulfide) groups is 1. The van der Waals surface area contributed by atoms with Crippen molar-refractivity contribution in [1.29, 1.82) is 0 Å². The van der Waals surface area contributed by atoms with Crippen LogP contribution in [0.5, 0.6) is 23.0 Å². The number of carbonyl (C=O) groups is 1. The number of methoxy groups -OCH3 is 3. The largest absolute Gasteiger partial charge is 0.497 e. The standard InChI is InChI=1S/C26H23FN2O5S/c1-31-20-9-11-21(32-2)17(14-20)15-34-22-10-4-16(12-23(22)33-3)13-24-25(30)29-26(35-24)28-19-7-5-18(27)6-8-19/h4-14H,15H2,1-3H3,(H,28,29,30)/b24-13-. The molecule has 1 aliphatic heterocycles. The number of halogens is 1.